The highest BCUT2D eigenvalue weighted by Gasteiger charge is 2.43. The van der Waals surface area contributed by atoms with E-state index in [-0.39, 0.29) is 30.1 Å². The van der Waals surface area contributed by atoms with Crippen LogP contribution in [-0.2, 0) is 16.1 Å². The van der Waals surface area contributed by atoms with E-state index in [1.165, 1.54) is 29.2 Å². The van der Waals surface area contributed by atoms with E-state index >= 15 is 0 Å². The van der Waals surface area contributed by atoms with Crippen LogP contribution < -0.4 is 0 Å². The predicted octanol–water partition coefficient (Wildman–Crippen LogP) is 4.45. The van der Waals surface area contributed by atoms with Gasteiger partial charge in [0.1, 0.15) is 11.7 Å². The Labute approximate surface area is 150 Å². The number of piperidine rings is 1. The van der Waals surface area contributed by atoms with Gasteiger partial charge in [-0.2, -0.15) is 0 Å². The number of amidine groups is 1. The summed E-state index contributed by atoms with van der Waals surface area (Å²) >= 11 is 0. The molecular weight excluding hydrogens is 341 g/mol. The van der Waals surface area contributed by atoms with Crippen molar-refractivity contribution in [3.05, 3.63) is 71.0 Å². The summed E-state index contributed by atoms with van der Waals surface area (Å²) in [6.45, 7) is 0.826. The van der Waals surface area contributed by atoms with Crippen LogP contribution >= 0.6 is 0 Å². The molecule has 26 heavy (non-hydrogen) atoms. The zero-order chi connectivity index (χ0) is 19.1. The van der Waals surface area contributed by atoms with Gasteiger partial charge in [-0.3, -0.25) is 10.2 Å². The Balaban J connectivity index is 2.14. The van der Waals surface area contributed by atoms with Crippen molar-refractivity contribution < 1.29 is 18.0 Å². The van der Waals surface area contributed by atoms with E-state index in [9.17, 15) is 18.0 Å². The second kappa shape index (κ2) is 6.27. The predicted molar refractivity (Wildman–Crippen MR) is 92.9 cm³/mol. The van der Waals surface area contributed by atoms with Crippen molar-refractivity contribution in [2.24, 2.45) is 0 Å². The van der Waals surface area contributed by atoms with Gasteiger partial charge in [0.25, 0.3) is 5.92 Å². The Morgan fingerprint density at radius 2 is 1.50 bits per heavy atom. The van der Waals surface area contributed by atoms with E-state index in [2.05, 4.69) is 0 Å². The molecule has 0 unspecified atom stereocenters. The number of amides is 1. The molecule has 1 aliphatic heterocycles. The lowest BCUT2D eigenvalue weighted by Gasteiger charge is -2.41. The lowest BCUT2D eigenvalue weighted by molar-refractivity contribution is -0.128. The maximum absolute atomic E-state index is 13.5. The molecule has 1 amide bonds. The third kappa shape index (κ3) is 3.11. The first kappa shape index (κ1) is 18.2. The number of nitrogens with zero attached hydrogens (tertiary/aromatic N) is 1. The molecule has 0 radical (unpaired) electrons. The molecule has 3 rings (SSSR count). The third-order valence-corrected chi connectivity index (χ3v) is 5.04. The van der Waals surface area contributed by atoms with Crippen molar-refractivity contribution in [3.8, 4) is 0 Å². The highest BCUT2D eigenvalue weighted by molar-refractivity contribution is 6.01. The number of alkyl halides is 2. The molecule has 2 aromatic rings. The Morgan fingerprint density at radius 1 is 1.00 bits per heavy atom. The van der Waals surface area contributed by atoms with Gasteiger partial charge in [-0.05, 0) is 23.3 Å². The Morgan fingerprint density at radius 3 is 1.96 bits per heavy atom. The van der Waals surface area contributed by atoms with Crippen molar-refractivity contribution in [2.45, 2.75) is 31.1 Å². The highest BCUT2D eigenvalue weighted by Crippen LogP contribution is 2.43. The smallest absolute Gasteiger partial charge is 0.270 e. The van der Waals surface area contributed by atoms with Gasteiger partial charge in [0, 0.05) is 37.8 Å². The van der Waals surface area contributed by atoms with Crippen LogP contribution in [0, 0.1) is 11.2 Å². The average Bonchev–Trinajstić information content (AvgIpc) is 2.59. The number of halogens is 3. The van der Waals surface area contributed by atoms with Crippen LogP contribution in [0.5, 0.6) is 0 Å². The van der Waals surface area contributed by atoms with Crippen LogP contribution in [0.1, 0.15) is 36.5 Å². The topological polar surface area (TPSA) is 44.2 Å². The lowest BCUT2D eigenvalue weighted by Crippen LogP contribution is -2.48. The minimum Gasteiger partial charge on any atom is -0.304 e. The number of hydrogen-bond acceptors (Lipinski definition) is 2. The largest absolute Gasteiger partial charge is 0.304 e. The number of hydrogen-bond donors (Lipinski definition) is 1. The molecule has 1 aliphatic rings. The fraction of sp³-hybridized carbons (Fsp3) is 0.300. The molecule has 136 valence electrons. The molecule has 0 aromatic heterocycles. The molecule has 1 saturated heterocycles. The first-order valence-corrected chi connectivity index (χ1v) is 8.22. The van der Waals surface area contributed by atoms with E-state index in [4.69, 9.17) is 5.41 Å². The first-order chi connectivity index (χ1) is 12.1. The molecular formula is C20H19F3N2O. The molecule has 1 heterocycles. The van der Waals surface area contributed by atoms with Crippen LogP contribution in [-0.4, -0.2) is 23.7 Å². The Kier molecular flexibility index (Phi) is 4.38. The summed E-state index contributed by atoms with van der Waals surface area (Å²) in [6, 6.07) is 11.6. The normalized spacial score (nSPS) is 21.2. The van der Waals surface area contributed by atoms with Crippen molar-refractivity contribution in [1.82, 2.24) is 4.90 Å². The fourth-order valence-electron chi connectivity index (χ4n) is 3.42. The zero-order valence-corrected chi connectivity index (χ0v) is 14.5. The quantitative estimate of drug-likeness (QED) is 0.863. The van der Waals surface area contributed by atoms with Crippen LogP contribution in [0.25, 0.3) is 0 Å². The maximum Gasteiger partial charge on any atom is 0.270 e. The third-order valence-electron chi connectivity index (χ3n) is 5.04. The summed E-state index contributed by atoms with van der Waals surface area (Å²) in [7, 11) is 1.54. The number of nitrogens with one attached hydrogen (secondary N) is 1. The highest BCUT2D eigenvalue weighted by atomic mass is 19.3. The van der Waals surface area contributed by atoms with Crippen molar-refractivity contribution in [2.75, 3.05) is 7.05 Å². The number of carbonyl (C=O) groups is 1. The summed E-state index contributed by atoms with van der Waals surface area (Å²) in [5.74, 6) is -3.47. The number of likely N-dealkylation sites (tertiary alicyclic amines) is 1. The molecule has 0 saturated carbocycles. The van der Waals surface area contributed by atoms with Crippen molar-refractivity contribution in [3.63, 3.8) is 0 Å². The minimum atomic E-state index is -2.96. The molecule has 0 spiro atoms. The minimum absolute atomic E-state index is 0.0827. The van der Waals surface area contributed by atoms with Gasteiger partial charge in [-0.15, -0.1) is 0 Å². The Hall–Kier alpha value is -2.63. The zero-order valence-electron chi connectivity index (χ0n) is 14.5. The van der Waals surface area contributed by atoms with E-state index in [0.29, 0.717) is 11.1 Å². The fourth-order valence-corrected chi connectivity index (χ4v) is 3.42. The molecule has 1 fully saturated rings. The summed E-state index contributed by atoms with van der Waals surface area (Å²) in [5, 5.41) is 8.17. The standard InChI is InChI=1S/C20H19F3N2O/c1-19(22,23)13-3-5-14(6-4-13)20(15-7-9-16(21)10-8-15)11-17(24)25(2)18(26)12-20/h3-10,24H,11-12H2,1-2H3/t20-/m0/s1. The summed E-state index contributed by atoms with van der Waals surface area (Å²) in [5.41, 5.74) is 0.338. The van der Waals surface area contributed by atoms with E-state index in [0.717, 1.165) is 6.92 Å². The summed E-state index contributed by atoms with van der Waals surface area (Å²) in [6.07, 6.45) is 0.308. The van der Waals surface area contributed by atoms with E-state index < -0.39 is 17.2 Å². The number of carbonyl (C=O) groups excluding carboxylic acids is 1. The van der Waals surface area contributed by atoms with Gasteiger partial charge in [-0.1, -0.05) is 36.4 Å². The van der Waals surface area contributed by atoms with Gasteiger partial charge < -0.3 is 4.90 Å². The SMILES string of the molecule is CN1C(=N)C[C@@](c2ccc(F)cc2)(c2ccc(C(C)(F)F)cc2)CC1=O. The molecule has 2 aromatic carbocycles. The summed E-state index contributed by atoms with van der Waals surface area (Å²) in [4.78, 5) is 13.7. The lowest BCUT2D eigenvalue weighted by atomic mass is 9.67. The van der Waals surface area contributed by atoms with Crippen molar-refractivity contribution >= 4 is 11.7 Å². The molecule has 6 heteroatoms. The van der Waals surface area contributed by atoms with Crippen LogP contribution in [0.2, 0.25) is 0 Å². The van der Waals surface area contributed by atoms with Gasteiger partial charge >= 0.3 is 0 Å². The van der Waals surface area contributed by atoms with E-state index in [1.807, 2.05) is 0 Å². The monoisotopic (exact) mass is 360 g/mol. The molecule has 0 bridgehead atoms. The number of benzene rings is 2. The van der Waals surface area contributed by atoms with Gasteiger partial charge in [0.2, 0.25) is 5.91 Å². The van der Waals surface area contributed by atoms with Crippen molar-refractivity contribution in [1.29, 1.82) is 5.41 Å². The van der Waals surface area contributed by atoms with Crippen LogP contribution in [0.15, 0.2) is 48.5 Å². The summed E-state index contributed by atoms with van der Waals surface area (Å²) < 4.78 is 40.4. The first-order valence-electron chi connectivity index (χ1n) is 8.22. The second-order valence-electron chi connectivity index (χ2n) is 6.81. The Bertz CT molecular complexity index is 821. The second-order valence-corrected chi connectivity index (χ2v) is 6.81. The molecule has 1 N–H and O–H groups in total. The molecule has 3 nitrogen and oxygen atoms in total. The number of rotatable bonds is 3. The molecule has 0 aliphatic carbocycles. The van der Waals surface area contributed by atoms with Crippen LogP contribution in [0.3, 0.4) is 0 Å². The van der Waals surface area contributed by atoms with E-state index in [1.54, 1.807) is 31.3 Å². The van der Waals surface area contributed by atoms with Gasteiger partial charge in [0.15, 0.2) is 0 Å². The van der Waals surface area contributed by atoms with Crippen LogP contribution in [0.4, 0.5) is 13.2 Å². The van der Waals surface area contributed by atoms with Gasteiger partial charge in [-0.25, -0.2) is 13.2 Å². The maximum atomic E-state index is 13.5. The van der Waals surface area contributed by atoms with Gasteiger partial charge in [0.05, 0.1) is 0 Å². The average molecular weight is 360 g/mol. The molecule has 1 atom stereocenters.